The van der Waals surface area contributed by atoms with E-state index in [1.165, 1.54) is 35.3 Å². The van der Waals surface area contributed by atoms with E-state index < -0.39 is 0 Å². The van der Waals surface area contributed by atoms with Gasteiger partial charge < -0.3 is 0 Å². The van der Waals surface area contributed by atoms with E-state index in [0.717, 1.165) is 12.2 Å². The highest BCUT2D eigenvalue weighted by Crippen LogP contribution is 2.36. The number of carbonyl (C=O) groups excluding carboxylic acids is 2. The van der Waals surface area contributed by atoms with Crippen LogP contribution < -0.4 is 0 Å². The van der Waals surface area contributed by atoms with Crippen molar-refractivity contribution in [1.82, 2.24) is 0 Å². The summed E-state index contributed by atoms with van der Waals surface area (Å²) >= 11 is 1.68. The Bertz CT molecular complexity index is 1030. The summed E-state index contributed by atoms with van der Waals surface area (Å²) in [5.74, 6) is 1.67. The quantitative estimate of drug-likeness (QED) is 0.344. The number of benzene rings is 2. The molecule has 1 fully saturated rings. The van der Waals surface area contributed by atoms with E-state index in [1.54, 1.807) is 17.8 Å². The van der Waals surface area contributed by atoms with Crippen LogP contribution in [0.4, 0.5) is 0 Å². The number of fused-ring (bicyclic) bond motifs is 1. The Kier molecular flexibility index (Phi) is 8.48. The lowest BCUT2D eigenvalue weighted by molar-refractivity contribution is -0.120. The molecule has 1 heterocycles. The third-order valence-electron chi connectivity index (χ3n) is 5.48. The van der Waals surface area contributed by atoms with Crippen molar-refractivity contribution in [1.29, 1.82) is 0 Å². The maximum atomic E-state index is 12.1. The summed E-state index contributed by atoms with van der Waals surface area (Å²) in [6.07, 6.45) is 12.5. The zero-order valence-corrected chi connectivity index (χ0v) is 19.5. The van der Waals surface area contributed by atoms with E-state index >= 15 is 0 Å². The third-order valence-corrected chi connectivity index (χ3v) is 7.23. The zero-order chi connectivity index (χ0) is 22.2. The normalized spacial score (nSPS) is 20.0. The van der Waals surface area contributed by atoms with Crippen molar-refractivity contribution >= 4 is 34.1 Å². The lowest BCUT2D eigenvalue weighted by atomic mass is 9.96. The van der Waals surface area contributed by atoms with Crippen LogP contribution in [0.1, 0.15) is 39.2 Å². The van der Waals surface area contributed by atoms with E-state index in [0.29, 0.717) is 11.5 Å². The Morgan fingerprint density at radius 2 is 1.84 bits per heavy atom. The smallest absolute Gasteiger partial charge is 0.172 e. The molecular formula is C28H31O2S. The van der Waals surface area contributed by atoms with E-state index in [2.05, 4.69) is 61.9 Å². The van der Waals surface area contributed by atoms with E-state index in [-0.39, 0.29) is 23.2 Å². The van der Waals surface area contributed by atoms with Crippen molar-refractivity contribution in [3.8, 4) is 0 Å². The van der Waals surface area contributed by atoms with Crippen LogP contribution in [0.5, 0.6) is 0 Å². The molecule has 1 aliphatic heterocycles. The fraction of sp³-hybridized carbons (Fsp3) is 0.321. The molecule has 161 valence electrons. The first-order chi connectivity index (χ1) is 15.0. The van der Waals surface area contributed by atoms with Crippen molar-refractivity contribution in [3.63, 3.8) is 0 Å². The Balaban J connectivity index is 0.000000176. The van der Waals surface area contributed by atoms with Gasteiger partial charge in [-0.15, -0.1) is 11.8 Å². The van der Waals surface area contributed by atoms with Gasteiger partial charge >= 0.3 is 0 Å². The lowest BCUT2D eigenvalue weighted by Gasteiger charge is -2.32. The van der Waals surface area contributed by atoms with Gasteiger partial charge in [-0.3, -0.25) is 9.59 Å². The predicted octanol–water partition coefficient (Wildman–Crippen LogP) is 6.71. The Morgan fingerprint density at radius 3 is 2.42 bits per heavy atom. The number of carbonyl (C=O) groups is 2. The number of ketones is 2. The SMILES string of the molecule is C/C=C\C=C(/CC(C)=O)C(=O)C1SCC1C.[CH]1C=C1CCc1ccc2ccccc2c1. The fourth-order valence-electron chi connectivity index (χ4n) is 3.52. The Labute approximate surface area is 190 Å². The molecule has 2 unspecified atom stereocenters. The average Bonchev–Trinajstić information content (AvgIpc) is 3.58. The number of aryl methyl sites for hydroxylation is 1. The summed E-state index contributed by atoms with van der Waals surface area (Å²) < 4.78 is 0. The van der Waals surface area contributed by atoms with Crippen LogP contribution in [0.15, 0.2) is 77.9 Å². The predicted molar refractivity (Wildman–Crippen MR) is 133 cm³/mol. The summed E-state index contributed by atoms with van der Waals surface area (Å²) in [5, 5.41) is 2.75. The lowest BCUT2D eigenvalue weighted by Crippen LogP contribution is -2.36. The van der Waals surface area contributed by atoms with Crippen molar-refractivity contribution in [2.45, 2.75) is 45.3 Å². The topological polar surface area (TPSA) is 34.1 Å². The second kappa shape index (κ2) is 11.3. The fourth-order valence-corrected chi connectivity index (χ4v) is 4.59. The first-order valence-electron chi connectivity index (χ1n) is 11.0. The highest BCUT2D eigenvalue weighted by Gasteiger charge is 2.35. The minimum atomic E-state index is 0.0427. The molecule has 0 saturated carbocycles. The van der Waals surface area contributed by atoms with E-state index in [9.17, 15) is 9.59 Å². The second-order valence-corrected chi connectivity index (χ2v) is 9.46. The average molecular weight is 432 g/mol. The number of Topliss-reactive ketones (excluding diaryl/α,β-unsaturated/α-hetero) is 2. The number of hydrogen-bond donors (Lipinski definition) is 0. The van der Waals surface area contributed by atoms with Crippen LogP contribution in [-0.2, 0) is 16.0 Å². The number of rotatable bonds is 8. The summed E-state index contributed by atoms with van der Waals surface area (Å²) in [6.45, 7) is 5.50. The summed E-state index contributed by atoms with van der Waals surface area (Å²) in [4.78, 5) is 23.2. The molecule has 0 aromatic heterocycles. The maximum absolute atomic E-state index is 12.1. The molecule has 2 aliphatic rings. The molecule has 2 nitrogen and oxygen atoms in total. The molecule has 3 heteroatoms. The Hall–Kier alpha value is -2.39. The van der Waals surface area contributed by atoms with Crippen molar-refractivity contribution in [3.05, 3.63) is 89.9 Å². The minimum Gasteiger partial charge on any atom is -0.300 e. The zero-order valence-electron chi connectivity index (χ0n) is 18.6. The van der Waals surface area contributed by atoms with Gasteiger partial charge in [-0.2, -0.15) is 0 Å². The molecule has 2 aromatic carbocycles. The molecule has 0 spiro atoms. The van der Waals surface area contributed by atoms with Gasteiger partial charge in [0.05, 0.1) is 5.25 Å². The van der Waals surface area contributed by atoms with Crippen LogP contribution in [0.25, 0.3) is 10.8 Å². The van der Waals surface area contributed by atoms with Gasteiger partial charge in [0, 0.05) is 18.4 Å². The molecule has 1 radical (unpaired) electrons. The van der Waals surface area contributed by atoms with Crippen LogP contribution in [-0.4, -0.2) is 22.6 Å². The first-order valence-corrected chi connectivity index (χ1v) is 12.0. The molecule has 31 heavy (non-hydrogen) atoms. The molecule has 4 rings (SSSR count). The largest absolute Gasteiger partial charge is 0.300 e. The van der Waals surface area contributed by atoms with Gasteiger partial charge in [-0.25, -0.2) is 0 Å². The molecule has 1 aliphatic carbocycles. The molecule has 0 amide bonds. The van der Waals surface area contributed by atoms with Crippen LogP contribution in [0, 0.1) is 12.3 Å². The van der Waals surface area contributed by atoms with Crippen molar-refractivity contribution in [2.24, 2.45) is 5.92 Å². The number of hydrogen-bond acceptors (Lipinski definition) is 3. The molecule has 2 aromatic rings. The van der Waals surface area contributed by atoms with Gasteiger partial charge in [-0.05, 0) is 54.7 Å². The van der Waals surface area contributed by atoms with Crippen LogP contribution in [0.3, 0.4) is 0 Å². The molecule has 0 N–H and O–H groups in total. The monoisotopic (exact) mass is 431 g/mol. The highest BCUT2D eigenvalue weighted by molar-refractivity contribution is 8.02. The first kappa shape index (κ1) is 23.3. The second-order valence-electron chi connectivity index (χ2n) is 8.28. The van der Waals surface area contributed by atoms with Crippen molar-refractivity contribution in [2.75, 3.05) is 5.75 Å². The highest BCUT2D eigenvalue weighted by atomic mass is 32.2. The maximum Gasteiger partial charge on any atom is 0.172 e. The van der Waals surface area contributed by atoms with Gasteiger partial charge in [0.25, 0.3) is 0 Å². The van der Waals surface area contributed by atoms with Gasteiger partial charge in [-0.1, -0.05) is 79.3 Å². The molecular weight excluding hydrogens is 400 g/mol. The van der Waals surface area contributed by atoms with Crippen molar-refractivity contribution < 1.29 is 9.59 Å². The summed E-state index contributed by atoms with van der Waals surface area (Å²) in [7, 11) is 0. The number of thioether (sulfide) groups is 1. The standard InChI is InChI=1S/C15H13.C13H18O2S/c1-2-4-15-11-13(8-7-12-5-6-12)9-10-14(15)3-1;1-4-5-6-11(7-10(3)14)12(15)13-9(2)8-16-13/h1-6,9-11H,7-8H2;4-6,9,13H,7-8H2,1-3H3/b;5-4-,11-6+. The van der Waals surface area contributed by atoms with Gasteiger partial charge in [0.1, 0.15) is 5.78 Å². The molecule has 1 saturated heterocycles. The molecule has 2 atom stereocenters. The van der Waals surface area contributed by atoms with Crippen LogP contribution >= 0.6 is 11.8 Å². The van der Waals surface area contributed by atoms with Gasteiger partial charge in [0.15, 0.2) is 5.78 Å². The number of allylic oxidation sites excluding steroid dienone is 6. The van der Waals surface area contributed by atoms with E-state index in [4.69, 9.17) is 0 Å². The molecule has 0 bridgehead atoms. The van der Waals surface area contributed by atoms with Crippen LogP contribution in [0.2, 0.25) is 0 Å². The third kappa shape index (κ3) is 7.07. The minimum absolute atomic E-state index is 0.0427. The van der Waals surface area contributed by atoms with E-state index in [1.807, 2.05) is 19.1 Å². The van der Waals surface area contributed by atoms with Gasteiger partial charge in [0.2, 0.25) is 0 Å². The Morgan fingerprint density at radius 1 is 1.10 bits per heavy atom. The summed E-state index contributed by atoms with van der Waals surface area (Å²) in [6, 6.07) is 15.3. The summed E-state index contributed by atoms with van der Waals surface area (Å²) in [5.41, 5.74) is 3.59.